The highest BCUT2D eigenvalue weighted by atomic mass is 79.9. The summed E-state index contributed by atoms with van der Waals surface area (Å²) >= 11 is 3.27. The number of nitrogens with two attached hydrogens (primary N) is 1. The third kappa shape index (κ3) is 2.04. The Bertz CT molecular complexity index is 262. The van der Waals surface area contributed by atoms with Crippen molar-refractivity contribution in [2.24, 2.45) is 5.73 Å². The summed E-state index contributed by atoms with van der Waals surface area (Å²) in [5, 5.41) is 4.02. The molecule has 1 amide bonds. The maximum Gasteiger partial charge on any atom is 0.239 e. The number of carbonyl (C=O) groups excluding carboxylic acids is 1. The second kappa shape index (κ2) is 3.04. The highest BCUT2D eigenvalue weighted by molar-refractivity contribution is 9.10. The predicted molar refractivity (Wildman–Crippen MR) is 43.9 cm³/mol. The van der Waals surface area contributed by atoms with E-state index in [1.165, 1.54) is 4.68 Å². The SMILES string of the molecule is Cc1nn(CC(N)=O)cc1Br. The second-order valence-corrected chi connectivity index (χ2v) is 3.08. The van der Waals surface area contributed by atoms with E-state index in [0.29, 0.717) is 0 Å². The lowest BCUT2D eigenvalue weighted by atomic mass is 10.5. The Hall–Kier alpha value is -0.840. The van der Waals surface area contributed by atoms with E-state index in [0.717, 1.165) is 10.2 Å². The van der Waals surface area contributed by atoms with Gasteiger partial charge in [-0.05, 0) is 22.9 Å². The Balaban J connectivity index is 2.81. The highest BCUT2D eigenvalue weighted by Gasteiger charge is 2.02. The molecular weight excluding hydrogens is 210 g/mol. The first kappa shape index (κ1) is 8.26. The molecular formula is C6H8BrN3O. The van der Waals surface area contributed by atoms with Gasteiger partial charge in [0.2, 0.25) is 5.91 Å². The minimum atomic E-state index is -0.389. The van der Waals surface area contributed by atoms with Crippen molar-refractivity contribution < 1.29 is 4.79 Å². The Morgan fingerprint density at radius 2 is 2.55 bits per heavy atom. The number of primary amides is 1. The van der Waals surface area contributed by atoms with Crippen LogP contribution < -0.4 is 5.73 Å². The molecule has 0 unspecified atom stereocenters. The molecule has 60 valence electrons. The van der Waals surface area contributed by atoms with Crippen LogP contribution in [0.2, 0.25) is 0 Å². The van der Waals surface area contributed by atoms with Crippen molar-refractivity contribution in [1.82, 2.24) is 9.78 Å². The summed E-state index contributed by atoms with van der Waals surface area (Å²) in [7, 11) is 0. The van der Waals surface area contributed by atoms with Gasteiger partial charge in [0.15, 0.2) is 0 Å². The van der Waals surface area contributed by atoms with Gasteiger partial charge in [0.05, 0.1) is 10.2 Å². The first-order valence-corrected chi connectivity index (χ1v) is 3.87. The molecule has 0 bridgehead atoms. The molecule has 0 spiro atoms. The molecule has 2 N–H and O–H groups in total. The van der Waals surface area contributed by atoms with E-state index < -0.39 is 0 Å². The van der Waals surface area contributed by atoms with E-state index in [4.69, 9.17) is 5.73 Å². The van der Waals surface area contributed by atoms with Gasteiger partial charge in [-0.15, -0.1) is 0 Å². The van der Waals surface area contributed by atoms with E-state index >= 15 is 0 Å². The molecule has 0 saturated carbocycles. The molecule has 0 saturated heterocycles. The van der Waals surface area contributed by atoms with E-state index in [1.807, 2.05) is 6.92 Å². The zero-order valence-electron chi connectivity index (χ0n) is 6.04. The number of halogens is 1. The number of rotatable bonds is 2. The van der Waals surface area contributed by atoms with Gasteiger partial charge in [0, 0.05) is 6.20 Å². The van der Waals surface area contributed by atoms with Crippen molar-refractivity contribution in [3.05, 3.63) is 16.4 Å². The van der Waals surface area contributed by atoms with Gasteiger partial charge in [0.1, 0.15) is 6.54 Å². The molecule has 0 radical (unpaired) electrons. The summed E-state index contributed by atoms with van der Waals surface area (Å²) in [6.07, 6.45) is 1.72. The van der Waals surface area contributed by atoms with Gasteiger partial charge in [-0.25, -0.2) is 0 Å². The first-order valence-electron chi connectivity index (χ1n) is 3.07. The van der Waals surface area contributed by atoms with Gasteiger partial charge in [-0.1, -0.05) is 0 Å². The summed E-state index contributed by atoms with van der Waals surface area (Å²) in [6.45, 7) is 1.98. The minimum Gasteiger partial charge on any atom is -0.368 e. The average Bonchev–Trinajstić information content (AvgIpc) is 2.10. The van der Waals surface area contributed by atoms with Gasteiger partial charge in [-0.3, -0.25) is 9.48 Å². The number of amides is 1. The van der Waals surface area contributed by atoms with Gasteiger partial charge >= 0.3 is 0 Å². The molecule has 11 heavy (non-hydrogen) atoms. The summed E-state index contributed by atoms with van der Waals surface area (Å²) in [5.74, 6) is -0.389. The van der Waals surface area contributed by atoms with Crippen molar-refractivity contribution in [2.75, 3.05) is 0 Å². The van der Waals surface area contributed by atoms with Crippen LogP contribution in [0.25, 0.3) is 0 Å². The summed E-state index contributed by atoms with van der Waals surface area (Å²) in [4.78, 5) is 10.4. The van der Waals surface area contributed by atoms with Crippen molar-refractivity contribution in [3.63, 3.8) is 0 Å². The van der Waals surface area contributed by atoms with Gasteiger partial charge in [0.25, 0.3) is 0 Å². The van der Waals surface area contributed by atoms with E-state index in [2.05, 4.69) is 21.0 Å². The molecule has 5 heteroatoms. The summed E-state index contributed by atoms with van der Waals surface area (Å²) in [6, 6.07) is 0. The quantitative estimate of drug-likeness (QED) is 0.782. The maximum atomic E-state index is 10.4. The number of carbonyl (C=O) groups is 1. The smallest absolute Gasteiger partial charge is 0.239 e. The zero-order valence-corrected chi connectivity index (χ0v) is 7.63. The summed E-state index contributed by atoms with van der Waals surface area (Å²) in [5.41, 5.74) is 5.82. The molecule has 4 nitrogen and oxygen atoms in total. The largest absolute Gasteiger partial charge is 0.368 e. The number of aryl methyl sites for hydroxylation is 1. The van der Waals surface area contributed by atoms with Crippen molar-refractivity contribution >= 4 is 21.8 Å². The number of hydrogen-bond acceptors (Lipinski definition) is 2. The third-order valence-corrected chi connectivity index (χ3v) is 1.98. The van der Waals surface area contributed by atoms with Crippen LogP contribution in [0.15, 0.2) is 10.7 Å². The van der Waals surface area contributed by atoms with Crippen molar-refractivity contribution in [1.29, 1.82) is 0 Å². The molecule has 0 aliphatic heterocycles. The molecule has 0 aromatic carbocycles. The molecule has 0 aliphatic carbocycles. The minimum absolute atomic E-state index is 0.131. The third-order valence-electron chi connectivity index (χ3n) is 1.20. The monoisotopic (exact) mass is 217 g/mol. The normalized spacial score (nSPS) is 10.0. The Morgan fingerprint density at radius 3 is 2.91 bits per heavy atom. The lowest BCUT2D eigenvalue weighted by molar-refractivity contribution is -0.118. The van der Waals surface area contributed by atoms with Gasteiger partial charge in [-0.2, -0.15) is 5.10 Å². The topological polar surface area (TPSA) is 60.9 Å². The summed E-state index contributed by atoms with van der Waals surface area (Å²) < 4.78 is 2.39. The maximum absolute atomic E-state index is 10.4. The van der Waals surface area contributed by atoms with Crippen LogP contribution in [-0.2, 0) is 11.3 Å². The standard InChI is InChI=1S/C6H8BrN3O/c1-4-5(7)2-10(9-4)3-6(8)11/h2H,3H2,1H3,(H2,8,11). The van der Waals surface area contributed by atoms with Crippen LogP contribution in [0.4, 0.5) is 0 Å². The lowest BCUT2D eigenvalue weighted by Crippen LogP contribution is -2.18. The molecule has 0 aliphatic rings. The van der Waals surface area contributed by atoms with Crippen LogP contribution >= 0.6 is 15.9 Å². The lowest BCUT2D eigenvalue weighted by Gasteiger charge is -1.93. The number of hydrogen-bond donors (Lipinski definition) is 1. The first-order chi connectivity index (χ1) is 5.09. The van der Waals surface area contributed by atoms with Crippen LogP contribution in [0.3, 0.4) is 0 Å². The van der Waals surface area contributed by atoms with Crippen molar-refractivity contribution in [2.45, 2.75) is 13.5 Å². The Labute approximate surface area is 72.5 Å². The molecule has 0 fully saturated rings. The fourth-order valence-corrected chi connectivity index (χ4v) is 1.05. The van der Waals surface area contributed by atoms with Crippen molar-refractivity contribution in [3.8, 4) is 0 Å². The number of aromatic nitrogens is 2. The van der Waals surface area contributed by atoms with E-state index in [9.17, 15) is 4.79 Å². The average molecular weight is 218 g/mol. The number of nitrogens with zero attached hydrogens (tertiary/aromatic N) is 2. The fourth-order valence-electron chi connectivity index (χ4n) is 0.734. The van der Waals surface area contributed by atoms with E-state index in [-0.39, 0.29) is 12.5 Å². The molecule has 1 rings (SSSR count). The fraction of sp³-hybridized carbons (Fsp3) is 0.333. The second-order valence-electron chi connectivity index (χ2n) is 2.23. The Kier molecular flexibility index (Phi) is 2.28. The van der Waals surface area contributed by atoms with Crippen LogP contribution in [0.1, 0.15) is 5.69 Å². The zero-order chi connectivity index (χ0) is 8.43. The molecule has 1 aromatic heterocycles. The highest BCUT2D eigenvalue weighted by Crippen LogP contribution is 2.12. The van der Waals surface area contributed by atoms with Crippen LogP contribution in [0.5, 0.6) is 0 Å². The van der Waals surface area contributed by atoms with Crippen LogP contribution in [0, 0.1) is 6.92 Å². The molecule has 1 aromatic rings. The van der Waals surface area contributed by atoms with Crippen LogP contribution in [-0.4, -0.2) is 15.7 Å². The molecule has 0 atom stereocenters. The molecule has 1 heterocycles. The Morgan fingerprint density at radius 1 is 1.91 bits per heavy atom. The van der Waals surface area contributed by atoms with Gasteiger partial charge < -0.3 is 5.73 Å². The predicted octanol–water partition coefficient (Wildman–Crippen LogP) is 0.439. The van der Waals surface area contributed by atoms with E-state index in [1.54, 1.807) is 6.20 Å².